The van der Waals surface area contributed by atoms with E-state index < -0.39 is 16.0 Å². The third kappa shape index (κ3) is 3.88. The molecule has 0 spiro atoms. The molecule has 0 fully saturated rings. The van der Waals surface area contributed by atoms with Crippen LogP contribution in [0.3, 0.4) is 0 Å². The zero-order valence-electron chi connectivity index (χ0n) is 11.6. The van der Waals surface area contributed by atoms with Crippen molar-refractivity contribution in [2.75, 3.05) is 20.2 Å². The Morgan fingerprint density at radius 3 is 2.50 bits per heavy atom. The van der Waals surface area contributed by atoms with Crippen LogP contribution in [0.25, 0.3) is 0 Å². The summed E-state index contributed by atoms with van der Waals surface area (Å²) >= 11 is 0. The van der Waals surface area contributed by atoms with Gasteiger partial charge in [0.05, 0.1) is 11.5 Å². The highest BCUT2D eigenvalue weighted by Gasteiger charge is 2.23. The first-order chi connectivity index (χ1) is 9.28. The van der Waals surface area contributed by atoms with Gasteiger partial charge in [0.15, 0.2) is 5.78 Å². The molecule has 0 radical (unpaired) electrons. The number of hydrogen-bond donors (Lipinski definition) is 0. The summed E-state index contributed by atoms with van der Waals surface area (Å²) < 4.78 is 30.1. The van der Waals surface area contributed by atoms with E-state index in [4.69, 9.17) is 4.74 Å². The number of ketones is 1. The van der Waals surface area contributed by atoms with Gasteiger partial charge in [0.25, 0.3) is 0 Å². The van der Waals surface area contributed by atoms with Crippen molar-refractivity contribution in [1.29, 1.82) is 0 Å². The van der Waals surface area contributed by atoms with Gasteiger partial charge in [-0.15, -0.1) is 0 Å². The quantitative estimate of drug-likeness (QED) is 0.580. The third-order valence-electron chi connectivity index (χ3n) is 2.61. The Balaban J connectivity index is 3.01. The maximum atomic E-state index is 12.3. The third-order valence-corrected chi connectivity index (χ3v) is 4.41. The van der Waals surface area contributed by atoms with Crippen LogP contribution in [0.5, 0.6) is 0 Å². The van der Waals surface area contributed by atoms with E-state index in [0.717, 1.165) is 4.31 Å². The molecule has 0 bridgehead atoms. The molecule has 0 aliphatic carbocycles. The Labute approximate surface area is 118 Å². The molecule has 6 nitrogen and oxygen atoms in total. The van der Waals surface area contributed by atoms with Crippen molar-refractivity contribution in [2.45, 2.75) is 18.7 Å². The van der Waals surface area contributed by atoms with Gasteiger partial charge in [0.2, 0.25) is 10.0 Å². The van der Waals surface area contributed by atoms with E-state index in [2.05, 4.69) is 0 Å². The summed E-state index contributed by atoms with van der Waals surface area (Å²) in [7, 11) is -2.54. The van der Waals surface area contributed by atoms with E-state index >= 15 is 0 Å². The molecule has 0 heterocycles. The maximum absolute atomic E-state index is 12.3. The molecular formula is C13H17NO5S. The first-order valence-corrected chi connectivity index (χ1v) is 7.46. The summed E-state index contributed by atoms with van der Waals surface area (Å²) in [6.07, 6.45) is 0. The van der Waals surface area contributed by atoms with Gasteiger partial charge in [-0.3, -0.25) is 9.59 Å². The van der Waals surface area contributed by atoms with E-state index in [1.807, 2.05) is 0 Å². The fraction of sp³-hybridized carbons (Fsp3) is 0.385. The predicted octanol–water partition coefficient (Wildman–Crippen LogP) is 1.07. The lowest BCUT2D eigenvalue weighted by Gasteiger charge is -2.16. The first-order valence-electron chi connectivity index (χ1n) is 6.02. The lowest BCUT2D eigenvalue weighted by Crippen LogP contribution is -2.33. The molecule has 0 atom stereocenters. The number of carbonyl (C=O) groups excluding carboxylic acids is 2. The van der Waals surface area contributed by atoms with Crippen molar-refractivity contribution >= 4 is 21.8 Å². The number of nitrogens with zero attached hydrogens (tertiary/aromatic N) is 1. The molecule has 0 aliphatic rings. The molecular weight excluding hydrogens is 282 g/mol. The zero-order valence-corrected chi connectivity index (χ0v) is 12.4. The minimum atomic E-state index is -3.83. The minimum Gasteiger partial charge on any atom is -0.465 e. The van der Waals surface area contributed by atoms with Crippen molar-refractivity contribution in [1.82, 2.24) is 4.31 Å². The van der Waals surface area contributed by atoms with Gasteiger partial charge in [-0.2, -0.15) is 4.31 Å². The molecule has 110 valence electrons. The van der Waals surface area contributed by atoms with Crippen LogP contribution in [0.4, 0.5) is 0 Å². The van der Waals surface area contributed by atoms with Gasteiger partial charge < -0.3 is 4.74 Å². The smallest absolute Gasteiger partial charge is 0.321 e. The van der Waals surface area contributed by atoms with Gasteiger partial charge in [0.1, 0.15) is 6.54 Å². The summed E-state index contributed by atoms with van der Waals surface area (Å²) in [4.78, 5) is 22.6. The molecule has 20 heavy (non-hydrogen) atoms. The van der Waals surface area contributed by atoms with E-state index in [1.54, 1.807) is 6.92 Å². The van der Waals surface area contributed by atoms with Crippen LogP contribution in [0, 0.1) is 0 Å². The summed E-state index contributed by atoms with van der Waals surface area (Å²) in [5.74, 6) is -0.851. The second-order valence-corrected chi connectivity index (χ2v) is 6.20. The van der Waals surface area contributed by atoms with Crippen molar-refractivity contribution < 1.29 is 22.7 Å². The molecule has 0 unspecified atom stereocenters. The normalized spacial score (nSPS) is 11.4. The van der Waals surface area contributed by atoms with Crippen LogP contribution >= 0.6 is 0 Å². The van der Waals surface area contributed by atoms with Crippen molar-refractivity contribution in [2.24, 2.45) is 0 Å². The van der Waals surface area contributed by atoms with E-state index in [9.17, 15) is 18.0 Å². The highest BCUT2D eigenvalue weighted by atomic mass is 32.2. The molecule has 0 aliphatic heterocycles. The topological polar surface area (TPSA) is 80.8 Å². The number of sulfonamides is 1. The first kappa shape index (κ1) is 16.3. The van der Waals surface area contributed by atoms with Crippen LogP contribution in [-0.4, -0.2) is 44.7 Å². The molecule has 1 rings (SSSR count). The van der Waals surface area contributed by atoms with Gasteiger partial charge >= 0.3 is 5.97 Å². The standard InChI is InChI=1S/C13H17NO5S/c1-4-19-13(16)9-14(3)20(17,18)12-7-5-6-11(8-12)10(2)15/h5-8H,4,9H2,1-3H3. The van der Waals surface area contributed by atoms with Crippen LogP contribution < -0.4 is 0 Å². The number of ether oxygens (including phenoxy) is 1. The largest absolute Gasteiger partial charge is 0.465 e. The van der Waals surface area contributed by atoms with Crippen LogP contribution in [0.2, 0.25) is 0 Å². The zero-order chi connectivity index (χ0) is 15.3. The fourth-order valence-electron chi connectivity index (χ4n) is 1.53. The molecule has 0 saturated heterocycles. The van der Waals surface area contributed by atoms with Crippen LogP contribution in [0.15, 0.2) is 29.2 Å². The summed E-state index contributed by atoms with van der Waals surface area (Å²) in [6.45, 7) is 2.81. The van der Waals surface area contributed by atoms with E-state index in [0.29, 0.717) is 5.56 Å². The summed E-state index contributed by atoms with van der Waals surface area (Å²) in [6, 6.07) is 5.69. The second-order valence-electron chi connectivity index (χ2n) is 4.15. The highest BCUT2D eigenvalue weighted by Crippen LogP contribution is 2.16. The monoisotopic (exact) mass is 299 g/mol. The molecule has 1 aromatic rings. The number of likely N-dealkylation sites (N-methyl/N-ethyl adjacent to an activating group) is 1. The molecule has 0 N–H and O–H groups in total. The molecule has 0 saturated carbocycles. The summed E-state index contributed by atoms with van der Waals surface area (Å²) in [5.41, 5.74) is 0.301. The maximum Gasteiger partial charge on any atom is 0.321 e. The van der Waals surface area contributed by atoms with Crippen LogP contribution in [-0.2, 0) is 19.6 Å². The molecule has 0 amide bonds. The number of carbonyl (C=O) groups is 2. The van der Waals surface area contributed by atoms with Crippen LogP contribution in [0.1, 0.15) is 24.2 Å². The van der Waals surface area contributed by atoms with Crippen molar-refractivity contribution in [3.8, 4) is 0 Å². The Morgan fingerprint density at radius 1 is 1.30 bits per heavy atom. The lowest BCUT2D eigenvalue weighted by atomic mass is 10.2. The average molecular weight is 299 g/mol. The highest BCUT2D eigenvalue weighted by molar-refractivity contribution is 7.89. The fourth-order valence-corrected chi connectivity index (χ4v) is 2.69. The van der Waals surface area contributed by atoms with Gasteiger partial charge in [-0.05, 0) is 26.0 Å². The molecule has 1 aromatic carbocycles. The van der Waals surface area contributed by atoms with Gasteiger partial charge in [-0.1, -0.05) is 12.1 Å². The van der Waals surface area contributed by atoms with Crippen molar-refractivity contribution in [3.63, 3.8) is 0 Å². The lowest BCUT2D eigenvalue weighted by molar-refractivity contribution is -0.143. The predicted molar refractivity (Wildman–Crippen MR) is 72.9 cm³/mol. The Bertz CT molecular complexity index is 609. The Kier molecular flexibility index (Phi) is 5.41. The molecule has 0 aromatic heterocycles. The average Bonchev–Trinajstić information content (AvgIpc) is 2.38. The van der Waals surface area contributed by atoms with E-state index in [-0.39, 0.29) is 23.8 Å². The number of hydrogen-bond acceptors (Lipinski definition) is 5. The van der Waals surface area contributed by atoms with Gasteiger partial charge in [0, 0.05) is 12.6 Å². The number of Topliss-reactive ketones (excluding diaryl/α,β-unsaturated/α-hetero) is 1. The minimum absolute atomic E-state index is 0.0306. The van der Waals surface area contributed by atoms with E-state index in [1.165, 1.54) is 38.2 Å². The summed E-state index contributed by atoms with van der Waals surface area (Å²) in [5, 5.41) is 0. The SMILES string of the molecule is CCOC(=O)CN(C)S(=O)(=O)c1cccc(C(C)=O)c1. The number of benzene rings is 1. The number of esters is 1. The second kappa shape index (κ2) is 6.62. The van der Waals surface area contributed by atoms with Gasteiger partial charge in [-0.25, -0.2) is 8.42 Å². The Hall–Kier alpha value is -1.73. The van der Waals surface area contributed by atoms with Crippen molar-refractivity contribution in [3.05, 3.63) is 29.8 Å². The number of rotatable bonds is 6. The Morgan fingerprint density at radius 2 is 1.95 bits per heavy atom. The molecule has 7 heteroatoms.